The second-order valence-electron chi connectivity index (χ2n) is 4.36. The third kappa shape index (κ3) is 3.82. The van der Waals surface area contributed by atoms with Gasteiger partial charge in [0.1, 0.15) is 0 Å². The monoisotopic (exact) mass is 216 g/mol. The van der Waals surface area contributed by atoms with Crippen LogP contribution in [0, 0.1) is 0 Å². The van der Waals surface area contributed by atoms with Crippen LogP contribution in [0.15, 0.2) is 42.5 Å². The van der Waals surface area contributed by atoms with Gasteiger partial charge in [-0.15, -0.1) is 0 Å². The summed E-state index contributed by atoms with van der Waals surface area (Å²) in [5.74, 6) is 0. The van der Waals surface area contributed by atoms with Crippen LogP contribution in [0.3, 0.4) is 0 Å². The van der Waals surface area contributed by atoms with Gasteiger partial charge in [-0.2, -0.15) is 0 Å². The predicted molar refractivity (Wildman–Crippen MR) is 67.5 cm³/mol. The molecule has 0 amide bonds. The third-order valence-corrected chi connectivity index (χ3v) is 3.01. The van der Waals surface area contributed by atoms with Crippen LogP contribution in [-0.2, 0) is 11.2 Å². The van der Waals surface area contributed by atoms with Crippen molar-refractivity contribution in [3.8, 4) is 0 Å². The largest absolute Gasteiger partial charge is 0.374 e. The number of ether oxygens (including phenoxy) is 1. The molecule has 1 aromatic rings. The van der Waals surface area contributed by atoms with Crippen LogP contribution in [0.25, 0.3) is 0 Å². The van der Waals surface area contributed by atoms with E-state index >= 15 is 0 Å². The van der Waals surface area contributed by atoms with Gasteiger partial charge in [-0.1, -0.05) is 42.5 Å². The Morgan fingerprint density at radius 1 is 1.19 bits per heavy atom. The van der Waals surface area contributed by atoms with Crippen LogP contribution in [-0.4, -0.2) is 12.7 Å². The molecule has 1 saturated heterocycles. The van der Waals surface area contributed by atoms with Crippen molar-refractivity contribution < 1.29 is 4.74 Å². The molecule has 16 heavy (non-hydrogen) atoms. The summed E-state index contributed by atoms with van der Waals surface area (Å²) in [4.78, 5) is 0. The lowest BCUT2D eigenvalue weighted by Gasteiger charge is -2.19. The van der Waals surface area contributed by atoms with E-state index in [-0.39, 0.29) is 0 Å². The molecular formula is C15H20O. The standard InChI is InChI=1S/C15H20O/c1-2-8-14(9-3-1)10-4-5-11-15-12-6-7-13-16-15/h1-3,5,8-9,11,15H,4,6-7,10,12-13H2/b11-5+/t15-/m1/s1. The van der Waals surface area contributed by atoms with Crippen LogP contribution in [0.1, 0.15) is 31.2 Å². The summed E-state index contributed by atoms with van der Waals surface area (Å²) >= 11 is 0. The average Bonchev–Trinajstić information content (AvgIpc) is 2.37. The molecule has 1 aromatic carbocycles. The molecular weight excluding hydrogens is 196 g/mol. The Balaban J connectivity index is 1.69. The number of benzene rings is 1. The zero-order chi connectivity index (χ0) is 11.1. The molecule has 0 saturated carbocycles. The smallest absolute Gasteiger partial charge is 0.0755 e. The molecule has 1 nitrogen and oxygen atoms in total. The van der Waals surface area contributed by atoms with Gasteiger partial charge in [0.05, 0.1) is 6.10 Å². The highest BCUT2D eigenvalue weighted by Gasteiger charge is 2.09. The van der Waals surface area contributed by atoms with Gasteiger partial charge in [-0.25, -0.2) is 0 Å². The first-order valence-electron chi connectivity index (χ1n) is 6.27. The molecule has 1 aliphatic rings. The zero-order valence-electron chi connectivity index (χ0n) is 9.77. The van der Waals surface area contributed by atoms with Gasteiger partial charge in [0.25, 0.3) is 0 Å². The Kier molecular flexibility index (Phi) is 4.63. The molecule has 0 aliphatic carbocycles. The van der Waals surface area contributed by atoms with Crippen molar-refractivity contribution in [1.82, 2.24) is 0 Å². The van der Waals surface area contributed by atoms with Crippen molar-refractivity contribution in [3.63, 3.8) is 0 Å². The second-order valence-corrected chi connectivity index (χ2v) is 4.36. The molecule has 1 fully saturated rings. The Bertz CT molecular complexity index is 309. The van der Waals surface area contributed by atoms with E-state index in [0.29, 0.717) is 6.10 Å². The van der Waals surface area contributed by atoms with Crippen molar-refractivity contribution in [1.29, 1.82) is 0 Å². The van der Waals surface area contributed by atoms with Gasteiger partial charge >= 0.3 is 0 Å². The van der Waals surface area contributed by atoms with E-state index in [0.717, 1.165) is 19.4 Å². The van der Waals surface area contributed by atoms with Crippen LogP contribution in [0.5, 0.6) is 0 Å². The van der Waals surface area contributed by atoms with E-state index in [1.807, 2.05) is 0 Å². The highest BCUT2D eigenvalue weighted by molar-refractivity contribution is 5.15. The van der Waals surface area contributed by atoms with E-state index in [4.69, 9.17) is 4.74 Å². The second kappa shape index (κ2) is 6.49. The van der Waals surface area contributed by atoms with Gasteiger partial charge < -0.3 is 4.74 Å². The molecule has 1 heterocycles. The van der Waals surface area contributed by atoms with Crippen LogP contribution < -0.4 is 0 Å². The van der Waals surface area contributed by atoms with E-state index in [2.05, 4.69) is 42.5 Å². The number of rotatable bonds is 4. The van der Waals surface area contributed by atoms with Crippen molar-refractivity contribution >= 4 is 0 Å². The van der Waals surface area contributed by atoms with E-state index < -0.39 is 0 Å². The first kappa shape index (κ1) is 11.4. The Labute approximate surface area is 98.1 Å². The zero-order valence-corrected chi connectivity index (χ0v) is 9.77. The predicted octanol–water partition coefficient (Wildman–Crippen LogP) is 3.74. The molecule has 86 valence electrons. The van der Waals surface area contributed by atoms with Gasteiger partial charge in [0.15, 0.2) is 0 Å². The van der Waals surface area contributed by atoms with Crippen molar-refractivity contribution in [3.05, 3.63) is 48.0 Å². The topological polar surface area (TPSA) is 9.23 Å². The lowest BCUT2D eigenvalue weighted by atomic mass is 10.1. The number of hydrogen-bond donors (Lipinski definition) is 0. The third-order valence-electron chi connectivity index (χ3n) is 3.01. The van der Waals surface area contributed by atoms with Crippen LogP contribution >= 0.6 is 0 Å². The molecule has 0 bridgehead atoms. The fourth-order valence-corrected chi connectivity index (χ4v) is 2.06. The first-order chi connectivity index (χ1) is 7.95. The fraction of sp³-hybridized carbons (Fsp3) is 0.467. The maximum atomic E-state index is 5.64. The minimum atomic E-state index is 0.379. The van der Waals surface area contributed by atoms with Crippen molar-refractivity contribution in [2.75, 3.05) is 6.61 Å². The van der Waals surface area contributed by atoms with Crippen LogP contribution in [0.4, 0.5) is 0 Å². The lowest BCUT2D eigenvalue weighted by molar-refractivity contribution is 0.0464. The Hall–Kier alpha value is -1.08. The molecule has 1 atom stereocenters. The SMILES string of the molecule is C(=C\[C@@H]1CCCCO1)/CCc1ccccc1. The molecule has 0 radical (unpaired) electrons. The maximum absolute atomic E-state index is 5.64. The van der Waals surface area contributed by atoms with Crippen LogP contribution in [0.2, 0.25) is 0 Å². The van der Waals surface area contributed by atoms with E-state index in [9.17, 15) is 0 Å². The Morgan fingerprint density at radius 2 is 2.06 bits per heavy atom. The first-order valence-corrected chi connectivity index (χ1v) is 6.27. The van der Waals surface area contributed by atoms with Gasteiger partial charge in [-0.05, 0) is 37.7 Å². The summed E-state index contributed by atoms with van der Waals surface area (Å²) in [7, 11) is 0. The highest BCUT2D eigenvalue weighted by Crippen LogP contribution is 2.14. The minimum absolute atomic E-state index is 0.379. The molecule has 2 rings (SSSR count). The summed E-state index contributed by atoms with van der Waals surface area (Å²) in [6.45, 7) is 0.938. The van der Waals surface area contributed by atoms with Gasteiger partial charge in [-0.3, -0.25) is 0 Å². The normalized spacial score (nSPS) is 21.4. The molecule has 1 aliphatic heterocycles. The molecule has 0 N–H and O–H groups in total. The quantitative estimate of drug-likeness (QED) is 0.697. The number of hydrogen-bond acceptors (Lipinski definition) is 1. The molecule has 0 spiro atoms. The van der Waals surface area contributed by atoms with Gasteiger partial charge in [0.2, 0.25) is 0 Å². The molecule has 0 aromatic heterocycles. The van der Waals surface area contributed by atoms with Crippen molar-refractivity contribution in [2.24, 2.45) is 0 Å². The number of allylic oxidation sites excluding steroid dienone is 1. The summed E-state index contributed by atoms with van der Waals surface area (Å²) in [5, 5.41) is 0. The summed E-state index contributed by atoms with van der Waals surface area (Å²) in [6.07, 6.45) is 10.9. The summed E-state index contributed by atoms with van der Waals surface area (Å²) in [5.41, 5.74) is 1.41. The summed E-state index contributed by atoms with van der Waals surface area (Å²) < 4.78 is 5.64. The van der Waals surface area contributed by atoms with E-state index in [1.54, 1.807) is 0 Å². The van der Waals surface area contributed by atoms with Gasteiger partial charge in [0, 0.05) is 6.61 Å². The lowest BCUT2D eigenvalue weighted by Crippen LogP contribution is -2.16. The average molecular weight is 216 g/mol. The fourth-order valence-electron chi connectivity index (χ4n) is 2.06. The molecule has 1 heteroatoms. The maximum Gasteiger partial charge on any atom is 0.0755 e. The summed E-state index contributed by atoms with van der Waals surface area (Å²) in [6, 6.07) is 10.6. The minimum Gasteiger partial charge on any atom is -0.374 e. The molecule has 0 unspecified atom stereocenters. The highest BCUT2D eigenvalue weighted by atomic mass is 16.5. The Morgan fingerprint density at radius 3 is 2.81 bits per heavy atom. The van der Waals surface area contributed by atoms with Crippen molar-refractivity contribution in [2.45, 2.75) is 38.2 Å². The number of aryl methyl sites for hydroxylation is 1. The van der Waals surface area contributed by atoms with E-state index in [1.165, 1.54) is 24.8 Å².